The third-order valence-electron chi connectivity index (χ3n) is 2.91. The van der Waals surface area contributed by atoms with Crippen LogP contribution in [0.15, 0.2) is 47.1 Å². The first kappa shape index (κ1) is 17.3. The minimum atomic E-state index is -0.524. The van der Waals surface area contributed by atoms with Crippen LogP contribution in [0.25, 0.3) is 6.08 Å². The van der Waals surface area contributed by atoms with Crippen LogP contribution >= 0.6 is 27.5 Å². The van der Waals surface area contributed by atoms with E-state index < -0.39 is 4.92 Å². The van der Waals surface area contributed by atoms with E-state index >= 15 is 0 Å². The van der Waals surface area contributed by atoms with Crippen LogP contribution < -0.4 is 9.47 Å². The Bertz CT molecular complexity index is 749. The minimum absolute atomic E-state index is 0.319. The van der Waals surface area contributed by atoms with E-state index in [1.165, 1.54) is 13.2 Å². The maximum Gasteiger partial charge on any atom is 0.235 e. The van der Waals surface area contributed by atoms with Crippen molar-refractivity contribution < 1.29 is 14.4 Å². The number of methoxy groups -OCH3 is 1. The van der Waals surface area contributed by atoms with Crippen molar-refractivity contribution in [1.29, 1.82) is 0 Å². The van der Waals surface area contributed by atoms with Crippen LogP contribution in [-0.2, 0) is 6.61 Å². The largest absolute Gasteiger partial charge is 0.493 e. The summed E-state index contributed by atoms with van der Waals surface area (Å²) in [7, 11) is 1.51. The average Bonchev–Trinajstić information content (AvgIpc) is 2.51. The molecule has 0 aliphatic carbocycles. The SMILES string of the molecule is COc1cc(/C=C/[N+](=O)[O-])cc(Br)c1OCc1cccc(Cl)c1. The molecule has 23 heavy (non-hydrogen) atoms. The lowest BCUT2D eigenvalue weighted by Gasteiger charge is -2.13. The fourth-order valence-electron chi connectivity index (χ4n) is 1.91. The summed E-state index contributed by atoms with van der Waals surface area (Å²) in [5.74, 6) is 0.995. The molecule has 0 aliphatic heterocycles. The minimum Gasteiger partial charge on any atom is -0.493 e. The van der Waals surface area contributed by atoms with E-state index in [1.807, 2.05) is 18.2 Å². The van der Waals surface area contributed by atoms with Gasteiger partial charge < -0.3 is 9.47 Å². The third kappa shape index (κ3) is 4.97. The molecule has 0 amide bonds. The molecule has 0 heterocycles. The lowest BCUT2D eigenvalue weighted by atomic mass is 10.2. The predicted octanol–water partition coefficient (Wildman–Crippen LogP) is 4.94. The molecule has 2 aromatic carbocycles. The molecule has 0 aromatic heterocycles. The van der Waals surface area contributed by atoms with Gasteiger partial charge >= 0.3 is 0 Å². The van der Waals surface area contributed by atoms with Gasteiger partial charge in [-0.15, -0.1) is 0 Å². The van der Waals surface area contributed by atoms with Crippen molar-refractivity contribution >= 4 is 33.6 Å². The molecule has 7 heteroatoms. The summed E-state index contributed by atoms with van der Waals surface area (Å²) in [4.78, 5) is 9.88. The van der Waals surface area contributed by atoms with Gasteiger partial charge in [-0.25, -0.2) is 0 Å². The first-order valence-electron chi connectivity index (χ1n) is 6.56. The summed E-state index contributed by atoms with van der Waals surface area (Å²) in [6.45, 7) is 0.319. The molecule has 0 saturated carbocycles. The van der Waals surface area contributed by atoms with Crippen molar-refractivity contribution in [3.8, 4) is 11.5 Å². The lowest BCUT2D eigenvalue weighted by Crippen LogP contribution is -1.99. The summed E-state index contributed by atoms with van der Waals surface area (Å²) in [6, 6.07) is 10.7. The second-order valence-corrected chi connectivity index (χ2v) is 5.84. The Morgan fingerprint density at radius 2 is 2.13 bits per heavy atom. The maximum atomic E-state index is 10.4. The first-order chi connectivity index (χ1) is 11.0. The summed E-state index contributed by atoms with van der Waals surface area (Å²) >= 11 is 9.34. The number of rotatable bonds is 6. The zero-order chi connectivity index (χ0) is 16.8. The van der Waals surface area contributed by atoms with Gasteiger partial charge in [-0.2, -0.15) is 0 Å². The number of nitro groups is 1. The highest BCUT2D eigenvalue weighted by Crippen LogP contribution is 2.37. The molecule has 0 aliphatic rings. The molecule has 2 rings (SSSR count). The zero-order valence-electron chi connectivity index (χ0n) is 12.2. The fraction of sp³-hybridized carbons (Fsp3) is 0.125. The van der Waals surface area contributed by atoms with Gasteiger partial charge in [0.15, 0.2) is 11.5 Å². The quantitative estimate of drug-likeness (QED) is 0.511. The van der Waals surface area contributed by atoms with Crippen LogP contribution in [0.2, 0.25) is 5.02 Å². The van der Waals surface area contributed by atoms with Gasteiger partial charge in [0.1, 0.15) is 6.61 Å². The van der Waals surface area contributed by atoms with E-state index in [2.05, 4.69) is 15.9 Å². The van der Waals surface area contributed by atoms with E-state index in [0.29, 0.717) is 33.2 Å². The summed E-state index contributed by atoms with van der Waals surface area (Å²) in [5, 5.41) is 11.0. The van der Waals surface area contributed by atoms with Crippen LogP contribution in [0.3, 0.4) is 0 Å². The van der Waals surface area contributed by atoms with Crippen LogP contribution in [0.5, 0.6) is 11.5 Å². The highest BCUT2D eigenvalue weighted by atomic mass is 79.9. The number of hydrogen-bond acceptors (Lipinski definition) is 4. The molecule has 0 radical (unpaired) electrons. The molecule has 120 valence electrons. The van der Waals surface area contributed by atoms with E-state index in [4.69, 9.17) is 21.1 Å². The van der Waals surface area contributed by atoms with Crippen molar-refractivity contribution in [2.24, 2.45) is 0 Å². The van der Waals surface area contributed by atoms with Crippen LogP contribution in [-0.4, -0.2) is 12.0 Å². The summed E-state index contributed by atoms with van der Waals surface area (Å²) < 4.78 is 11.7. The summed E-state index contributed by atoms with van der Waals surface area (Å²) in [6.07, 6.45) is 2.25. The van der Waals surface area contributed by atoms with Gasteiger partial charge in [-0.1, -0.05) is 23.7 Å². The van der Waals surface area contributed by atoms with E-state index in [0.717, 1.165) is 11.8 Å². The van der Waals surface area contributed by atoms with Crippen molar-refractivity contribution in [3.63, 3.8) is 0 Å². The van der Waals surface area contributed by atoms with Crippen LogP contribution in [0.4, 0.5) is 0 Å². The molecule has 0 unspecified atom stereocenters. The Labute approximate surface area is 146 Å². The third-order valence-corrected chi connectivity index (χ3v) is 3.74. The second-order valence-electron chi connectivity index (χ2n) is 4.55. The molecule has 2 aromatic rings. The number of halogens is 2. The Hall–Kier alpha value is -2.05. The highest BCUT2D eigenvalue weighted by molar-refractivity contribution is 9.10. The number of benzene rings is 2. The van der Waals surface area contributed by atoms with Crippen molar-refractivity contribution in [2.45, 2.75) is 6.61 Å². The van der Waals surface area contributed by atoms with Gasteiger partial charge in [0.25, 0.3) is 0 Å². The van der Waals surface area contributed by atoms with Crippen molar-refractivity contribution in [3.05, 3.63) is 73.3 Å². The monoisotopic (exact) mass is 397 g/mol. The highest BCUT2D eigenvalue weighted by Gasteiger charge is 2.11. The standard InChI is InChI=1S/C16H13BrClNO4/c1-22-15-9-11(5-6-19(20)21)8-14(17)16(15)23-10-12-3-2-4-13(18)7-12/h2-9H,10H2,1H3/b6-5+. The molecule has 0 saturated heterocycles. The molecule has 0 spiro atoms. The van der Waals surface area contributed by atoms with Crippen LogP contribution in [0.1, 0.15) is 11.1 Å². The van der Waals surface area contributed by atoms with Gasteiger partial charge in [-0.05, 0) is 51.3 Å². The van der Waals surface area contributed by atoms with Crippen molar-refractivity contribution in [1.82, 2.24) is 0 Å². The number of nitrogens with zero attached hydrogens (tertiary/aromatic N) is 1. The Morgan fingerprint density at radius 3 is 2.78 bits per heavy atom. The van der Waals surface area contributed by atoms with E-state index in [1.54, 1.807) is 18.2 Å². The summed E-state index contributed by atoms with van der Waals surface area (Å²) in [5.41, 5.74) is 1.55. The normalized spacial score (nSPS) is 10.7. The smallest absolute Gasteiger partial charge is 0.235 e. The van der Waals surface area contributed by atoms with E-state index in [-0.39, 0.29) is 0 Å². The first-order valence-corrected chi connectivity index (χ1v) is 7.73. The molecule has 5 nitrogen and oxygen atoms in total. The second kappa shape index (κ2) is 7.99. The number of ether oxygens (including phenoxy) is 2. The molecule has 0 bridgehead atoms. The Morgan fingerprint density at radius 1 is 1.35 bits per heavy atom. The molecule has 0 N–H and O–H groups in total. The molecular weight excluding hydrogens is 386 g/mol. The average molecular weight is 399 g/mol. The fourth-order valence-corrected chi connectivity index (χ4v) is 2.69. The van der Waals surface area contributed by atoms with Crippen LogP contribution in [0, 0.1) is 10.1 Å². The van der Waals surface area contributed by atoms with Gasteiger partial charge in [0.05, 0.1) is 16.5 Å². The van der Waals surface area contributed by atoms with Crippen molar-refractivity contribution in [2.75, 3.05) is 7.11 Å². The predicted molar refractivity (Wildman–Crippen MR) is 92.5 cm³/mol. The topological polar surface area (TPSA) is 61.6 Å². The zero-order valence-corrected chi connectivity index (χ0v) is 14.5. The maximum absolute atomic E-state index is 10.4. The number of hydrogen-bond donors (Lipinski definition) is 0. The molecular formula is C16H13BrClNO4. The molecule has 0 atom stereocenters. The lowest BCUT2D eigenvalue weighted by molar-refractivity contribution is -0.400. The Balaban J connectivity index is 2.22. The van der Waals surface area contributed by atoms with Gasteiger partial charge in [0, 0.05) is 11.1 Å². The van der Waals surface area contributed by atoms with Gasteiger partial charge in [-0.3, -0.25) is 10.1 Å². The van der Waals surface area contributed by atoms with Gasteiger partial charge in [0.2, 0.25) is 6.20 Å². The van der Waals surface area contributed by atoms with E-state index in [9.17, 15) is 10.1 Å². The molecule has 0 fully saturated rings. The Kier molecular flexibility index (Phi) is 6.01.